The average Bonchev–Trinajstić information content (AvgIpc) is 3.08. The van der Waals surface area contributed by atoms with Gasteiger partial charge in [0.05, 0.1) is 23.3 Å². The van der Waals surface area contributed by atoms with Gasteiger partial charge >= 0.3 is 5.97 Å². The summed E-state index contributed by atoms with van der Waals surface area (Å²) in [6.45, 7) is 0. The monoisotopic (exact) mass is 363 g/mol. The molecule has 1 fully saturated rings. The number of rotatable bonds is 4. The summed E-state index contributed by atoms with van der Waals surface area (Å²) in [5.74, 6) is -0.924. The van der Waals surface area contributed by atoms with Crippen LogP contribution in [0.5, 0.6) is 0 Å². The van der Waals surface area contributed by atoms with E-state index >= 15 is 0 Å². The highest BCUT2D eigenvalue weighted by Crippen LogP contribution is 2.35. The second-order valence-electron chi connectivity index (χ2n) is 5.90. The lowest BCUT2D eigenvalue weighted by Gasteiger charge is -2.20. The molecule has 2 aromatic rings. The molecule has 132 valence electrons. The molecule has 7 heteroatoms. The summed E-state index contributed by atoms with van der Waals surface area (Å²) in [6.07, 6.45) is 0.0892. The van der Waals surface area contributed by atoms with Crippen LogP contribution < -0.4 is 5.32 Å². The van der Waals surface area contributed by atoms with E-state index in [1.807, 2.05) is 0 Å². The summed E-state index contributed by atoms with van der Waals surface area (Å²) in [4.78, 5) is 12.1. The quantitative estimate of drug-likeness (QED) is 0.844. The predicted molar refractivity (Wildman–Crippen MR) is 90.1 cm³/mol. The number of esters is 1. The average molecular weight is 363 g/mol. The van der Waals surface area contributed by atoms with Crippen molar-refractivity contribution < 1.29 is 22.3 Å². The van der Waals surface area contributed by atoms with Crippen LogP contribution in [0.3, 0.4) is 0 Å². The largest absolute Gasteiger partial charge is 0.468 e. The zero-order chi connectivity index (χ0) is 18.0. The van der Waals surface area contributed by atoms with Crippen molar-refractivity contribution in [3.63, 3.8) is 0 Å². The van der Waals surface area contributed by atoms with Crippen molar-refractivity contribution in [2.75, 3.05) is 7.11 Å². The Labute approximate surface area is 145 Å². The number of methoxy groups -OCH3 is 1. The fraction of sp³-hybridized carbons (Fsp3) is 0.278. The molecule has 1 N–H and O–H groups in total. The fourth-order valence-electron chi connectivity index (χ4n) is 3.14. The summed E-state index contributed by atoms with van der Waals surface area (Å²) >= 11 is 0. The van der Waals surface area contributed by atoms with Crippen molar-refractivity contribution in [1.29, 1.82) is 0 Å². The normalized spacial score (nSPS) is 23.4. The van der Waals surface area contributed by atoms with Gasteiger partial charge in [0, 0.05) is 0 Å². The molecule has 0 amide bonds. The number of hydrogen-bond acceptors (Lipinski definition) is 5. The van der Waals surface area contributed by atoms with E-state index in [9.17, 15) is 17.6 Å². The molecule has 3 rings (SSSR count). The van der Waals surface area contributed by atoms with Crippen LogP contribution in [-0.4, -0.2) is 32.8 Å². The van der Waals surface area contributed by atoms with E-state index in [0.717, 1.165) is 0 Å². The molecule has 1 heterocycles. The van der Waals surface area contributed by atoms with Gasteiger partial charge in [0.15, 0.2) is 9.84 Å². The van der Waals surface area contributed by atoms with Crippen molar-refractivity contribution in [3.05, 3.63) is 66.0 Å². The smallest absolute Gasteiger partial charge is 0.322 e. The van der Waals surface area contributed by atoms with Crippen LogP contribution in [0.15, 0.2) is 59.5 Å². The molecule has 0 spiro atoms. The topological polar surface area (TPSA) is 72.5 Å². The Morgan fingerprint density at radius 1 is 1.12 bits per heavy atom. The van der Waals surface area contributed by atoms with Gasteiger partial charge in [-0.25, -0.2) is 12.8 Å². The first kappa shape index (κ1) is 17.6. The lowest BCUT2D eigenvalue weighted by molar-refractivity contribution is -0.142. The first-order valence-electron chi connectivity index (χ1n) is 7.82. The van der Waals surface area contributed by atoms with E-state index in [0.29, 0.717) is 5.56 Å². The molecule has 2 aromatic carbocycles. The van der Waals surface area contributed by atoms with Crippen molar-refractivity contribution in [2.24, 2.45) is 0 Å². The van der Waals surface area contributed by atoms with Gasteiger partial charge < -0.3 is 4.74 Å². The summed E-state index contributed by atoms with van der Waals surface area (Å²) in [5, 5.41) is 2.17. The first-order valence-corrected chi connectivity index (χ1v) is 9.36. The molecule has 0 aromatic heterocycles. The van der Waals surface area contributed by atoms with Crippen molar-refractivity contribution in [3.8, 4) is 0 Å². The van der Waals surface area contributed by atoms with E-state index < -0.39 is 39.0 Å². The van der Waals surface area contributed by atoms with E-state index in [4.69, 9.17) is 4.74 Å². The Kier molecular flexibility index (Phi) is 4.87. The lowest BCUT2D eigenvalue weighted by atomic mass is 10.0. The minimum Gasteiger partial charge on any atom is -0.468 e. The zero-order valence-electron chi connectivity index (χ0n) is 13.6. The van der Waals surface area contributed by atoms with Gasteiger partial charge in [0.2, 0.25) is 0 Å². The van der Waals surface area contributed by atoms with Crippen LogP contribution in [0, 0.1) is 5.82 Å². The van der Waals surface area contributed by atoms with Crippen LogP contribution in [0.25, 0.3) is 0 Å². The van der Waals surface area contributed by atoms with E-state index in [-0.39, 0.29) is 11.3 Å². The van der Waals surface area contributed by atoms with E-state index in [1.165, 1.54) is 43.5 Å². The Morgan fingerprint density at radius 2 is 1.76 bits per heavy atom. The molecular formula is C18H18FNO4S. The van der Waals surface area contributed by atoms with Gasteiger partial charge in [-0.15, -0.1) is 0 Å². The van der Waals surface area contributed by atoms with Gasteiger partial charge in [0.25, 0.3) is 0 Å². The third-order valence-electron chi connectivity index (χ3n) is 4.41. The minimum atomic E-state index is -3.68. The summed E-state index contributed by atoms with van der Waals surface area (Å²) in [7, 11) is -2.42. The van der Waals surface area contributed by atoms with E-state index in [1.54, 1.807) is 18.2 Å². The zero-order valence-corrected chi connectivity index (χ0v) is 14.4. The summed E-state index contributed by atoms with van der Waals surface area (Å²) < 4.78 is 44.1. The molecule has 3 atom stereocenters. The number of carbonyl (C=O) groups excluding carboxylic acids is 1. The Hall–Kier alpha value is -2.25. The van der Waals surface area contributed by atoms with Gasteiger partial charge in [-0.1, -0.05) is 30.3 Å². The fourth-order valence-corrected chi connectivity index (χ4v) is 5.06. The maximum absolute atomic E-state index is 13.2. The van der Waals surface area contributed by atoms with Crippen molar-refractivity contribution in [1.82, 2.24) is 5.32 Å². The number of ether oxygens (including phenoxy) is 1. The van der Waals surface area contributed by atoms with Gasteiger partial charge in [-0.3, -0.25) is 10.1 Å². The number of hydrogen-bond donors (Lipinski definition) is 1. The highest BCUT2D eigenvalue weighted by atomic mass is 32.2. The second-order valence-corrected chi connectivity index (χ2v) is 8.07. The van der Waals surface area contributed by atoms with Crippen LogP contribution >= 0.6 is 0 Å². The predicted octanol–water partition coefficient (Wildman–Crippen LogP) is 2.24. The Balaban J connectivity index is 2.01. The standard InChI is InChI=1S/C18H18FNO4S/c1-24-18(21)15-11-16(25(22,23)14-5-3-2-4-6-14)17(20-15)12-7-9-13(19)10-8-12/h2-10,15-17,20H,11H2,1H3/t15-,16+,17-/m1/s1. The molecule has 0 saturated carbocycles. The number of nitrogens with one attached hydrogen (secondary N) is 1. The Bertz CT molecular complexity index is 852. The van der Waals surface area contributed by atoms with Gasteiger partial charge in [-0.05, 0) is 36.2 Å². The molecule has 0 radical (unpaired) electrons. The lowest BCUT2D eigenvalue weighted by Crippen LogP contribution is -2.33. The molecule has 25 heavy (non-hydrogen) atoms. The minimum absolute atomic E-state index is 0.0892. The molecule has 1 saturated heterocycles. The molecule has 1 aliphatic heterocycles. The molecule has 1 aliphatic rings. The first-order chi connectivity index (χ1) is 11.9. The maximum Gasteiger partial charge on any atom is 0.322 e. The number of sulfone groups is 1. The highest BCUT2D eigenvalue weighted by molar-refractivity contribution is 7.92. The van der Waals surface area contributed by atoms with Crippen LogP contribution in [0.2, 0.25) is 0 Å². The van der Waals surface area contributed by atoms with Crippen LogP contribution in [0.1, 0.15) is 18.0 Å². The molecule has 0 aliphatic carbocycles. The molecule has 5 nitrogen and oxygen atoms in total. The van der Waals surface area contributed by atoms with Crippen LogP contribution in [-0.2, 0) is 19.4 Å². The van der Waals surface area contributed by atoms with Crippen molar-refractivity contribution >= 4 is 15.8 Å². The third kappa shape index (κ3) is 3.43. The summed E-state index contributed by atoms with van der Waals surface area (Å²) in [6, 6.07) is 12.3. The van der Waals surface area contributed by atoms with Crippen molar-refractivity contribution in [2.45, 2.75) is 28.6 Å². The number of carbonyl (C=O) groups is 1. The SMILES string of the molecule is COC(=O)[C@H]1C[C@H](S(=O)(=O)c2ccccc2)[C@@H](c2ccc(F)cc2)N1. The van der Waals surface area contributed by atoms with Gasteiger partial charge in [-0.2, -0.15) is 0 Å². The molecule has 0 unspecified atom stereocenters. The summed E-state index contributed by atoms with van der Waals surface area (Å²) in [5.41, 5.74) is 0.609. The van der Waals surface area contributed by atoms with Gasteiger partial charge in [0.1, 0.15) is 11.9 Å². The second kappa shape index (κ2) is 6.93. The number of benzene rings is 2. The molecule has 0 bridgehead atoms. The number of halogens is 1. The van der Waals surface area contributed by atoms with Crippen LogP contribution in [0.4, 0.5) is 4.39 Å². The highest BCUT2D eigenvalue weighted by Gasteiger charge is 2.45. The molecular weight excluding hydrogens is 345 g/mol. The maximum atomic E-state index is 13.2. The van der Waals surface area contributed by atoms with E-state index in [2.05, 4.69) is 5.32 Å². The third-order valence-corrected chi connectivity index (χ3v) is 6.60. The Morgan fingerprint density at radius 3 is 2.36 bits per heavy atom.